The van der Waals surface area contributed by atoms with Crippen LogP contribution in [-0.4, -0.2) is 20.1 Å². The fraction of sp³-hybridized carbons (Fsp3) is 0.125. The lowest BCUT2D eigenvalue weighted by Crippen LogP contribution is -2.12. The number of sulfonamides is 1. The van der Waals surface area contributed by atoms with Crippen LogP contribution < -0.4 is 4.72 Å². The molecule has 0 spiro atoms. The lowest BCUT2D eigenvalue weighted by molar-refractivity contribution is 0.305. The molecule has 0 bridgehead atoms. The average molecular weight is 301 g/mol. The molecule has 0 aliphatic heterocycles. The maximum atomic E-state index is 12.3. The van der Waals surface area contributed by atoms with Crippen molar-refractivity contribution in [3.8, 4) is 11.8 Å². The Morgan fingerprint density at radius 1 is 1.05 bits per heavy atom. The molecule has 0 aromatic heterocycles. The Hall–Kier alpha value is -2.29. The van der Waals surface area contributed by atoms with Crippen LogP contribution in [0.5, 0.6) is 0 Å². The van der Waals surface area contributed by atoms with E-state index in [1.807, 2.05) is 6.07 Å². The van der Waals surface area contributed by atoms with Crippen LogP contribution >= 0.6 is 0 Å². The van der Waals surface area contributed by atoms with Crippen LogP contribution in [0.4, 0.5) is 5.69 Å². The number of aliphatic hydroxyl groups excluding tert-OH is 1. The lowest BCUT2D eigenvalue weighted by atomic mass is 10.2. The van der Waals surface area contributed by atoms with Crippen LogP contribution in [0.3, 0.4) is 0 Å². The minimum atomic E-state index is -3.63. The van der Waals surface area contributed by atoms with E-state index in [9.17, 15) is 8.42 Å². The summed E-state index contributed by atoms with van der Waals surface area (Å²) in [5.41, 5.74) is 1.11. The van der Waals surface area contributed by atoms with E-state index < -0.39 is 10.0 Å². The SMILES string of the molecule is O=S(=O)(Nc1ccccc1)c1cccc(C#CCCO)c1. The fourth-order valence-corrected chi connectivity index (χ4v) is 2.79. The highest BCUT2D eigenvalue weighted by atomic mass is 32.2. The summed E-state index contributed by atoms with van der Waals surface area (Å²) in [5, 5.41) is 8.68. The topological polar surface area (TPSA) is 66.4 Å². The number of aliphatic hydroxyl groups is 1. The second kappa shape index (κ2) is 6.93. The molecular formula is C16H15NO3S. The molecule has 0 radical (unpaired) electrons. The van der Waals surface area contributed by atoms with E-state index in [4.69, 9.17) is 5.11 Å². The Kier molecular flexibility index (Phi) is 4.99. The molecule has 0 heterocycles. The minimum absolute atomic E-state index is 0.0133. The van der Waals surface area contributed by atoms with Crippen LogP contribution in [0.2, 0.25) is 0 Å². The molecule has 0 aliphatic carbocycles. The molecule has 0 saturated heterocycles. The Morgan fingerprint density at radius 2 is 1.81 bits per heavy atom. The van der Waals surface area contributed by atoms with E-state index in [0.717, 1.165) is 0 Å². The molecule has 2 rings (SSSR count). The lowest BCUT2D eigenvalue weighted by Gasteiger charge is -2.08. The van der Waals surface area contributed by atoms with Crippen molar-refractivity contribution >= 4 is 15.7 Å². The molecule has 0 unspecified atom stereocenters. The van der Waals surface area contributed by atoms with Gasteiger partial charge in [-0.15, -0.1) is 0 Å². The quantitative estimate of drug-likeness (QED) is 0.851. The predicted octanol–water partition coefficient (Wildman–Crippen LogP) is 2.22. The van der Waals surface area contributed by atoms with Gasteiger partial charge in [0.05, 0.1) is 11.5 Å². The number of benzene rings is 2. The van der Waals surface area contributed by atoms with Crippen molar-refractivity contribution in [2.75, 3.05) is 11.3 Å². The molecule has 2 N–H and O–H groups in total. The van der Waals surface area contributed by atoms with Gasteiger partial charge in [-0.2, -0.15) is 0 Å². The molecule has 108 valence electrons. The van der Waals surface area contributed by atoms with Gasteiger partial charge >= 0.3 is 0 Å². The van der Waals surface area contributed by atoms with Crippen LogP contribution in [0, 0.1) is 11.8 Å². The minimum Gasteiger partial charge on any atom is -0.395 e. The summed E-state index contributed by atoms with van der Waals surface area (Å²) < 4.78 is 27.1. The van der Waals surface area contributed by atoms with Gasteiger partial charge in [0.1, 0.15) is 0 Å². The molecule has 0 aliphatic rings. The first-order chi connectivity index (χ1) is 10.1. The van der Waals surface area contributed by atoms with Crippen molar-refractivity contribution in [2.24, 2.45) is 0 Å². The first-order valence-corrected chi connectivity index (χ1v) is 7.88. The van der Waals surface area contributed by atoms with Gasteiger partial charge < -0.3 is 5.11 Å². The summed E-state index contributed by atoms with van der Waals surface area (Å²) in [6, 6.07) is 15.1. The monoisotopic (exact) mass is 301 g/mol. The number of para-hydroxylation sites is 1. The number of rotatable bonds is 4. The Labute approximate surface area is 124 Å². The van der Waals surface area contributed by atoms with Gasteiger partial charge in [0.25, 0.3) is 10.0 Å². The van der Waals surface area contributed by atoms with Gasteiger partial charge in [-0.1, -0.05) is 36.1 Å². The van der Waals surface area contributed by atoms with E-state index in [1.54, 1.807) is 36.4 Å². The third-order valence-corrected chi connectivity index (χ3v) is 4.02. The van der Waals surface area contributed by atoms with Gasteiger partial charge in [-0.3, -0.25) is 4.72 Å². The molecule has 4 nitrogen and oxygen atoms in total. The molecule has 0 fully saturated rings. The predicted molar refractivity (Wildman–Crippen MR) is 82.3 cm³/mol. The van der Waals surface area contributed by atoms with Gasteiger partial charge in [-0.25, -0.2) is 8.42 Å². The van der Waals surface area contributed by atoms with Crippen LogP contribution in [0.1, 0.15) is 12.0 Å². The smallest absolute Gasteiger partial charge is 0.261 e. The van der Waals surface area contributed by atoms with Gasteiger partial charge in [-0.05, 0) is 30.3 Å². The molecule has 2 aromatic rings. The van der Waals surface area contributed by atoms with Crippen LogP contribution in [0.25, 0.3) is 0 Å². The van der Waals surface area contributed by atoms with Crippen molar-refractivity contribution in [1.82, 2.24) is 0 Å². The standard InChI is InChI=1S/C16H15NO3S/c18-12-5-4-7-14-8-6-11-16(13-14)21(19,20)17-15-9-2-1-3-10-15/h1-3,6,8-11,13,17-18H,5,12H2. The van der Waals surface area contributed by atoms with Crippen molar-refractivity contribution in [3.63, 3.8) is 0 Å². The molecule has 21 heavy (non-hydrogen) atoms. The third kappa shape index (κ3) is 4.35. The summed E-state index contributed by atoms with van der Waals surface area (Å²) in [5.74, 6) is 5.58. The summed E-state index contributed by atoms with van der Waals surface area (Å²) >= 11 is 0. The average Bonchev–Trinajstić information content (AvgIpc) is 2.48. The number of hydrogen-bond donors (Lipinski definition) is 2. The summed E-state index contributed by atoms with van der Waals surface area (Å²) in [4.78, 5) is 0.155. The van der Waals surface area contributed by atoms with E-state index in [2.05, 4.69) is 16.6 Å². The van der Waals surface area contributed by atoms with E-state index >= 15 is 0 Å². The largest absolute Gasteiger partial charge is 0.395 e. The zero-order chi connectivity index (χ0) is 15.1. The second-order valence-electron chi connectivity index (χ2n) is 4.27. The van der Waals surface area contributed by atoms with Gasteiger partial charge in [0, 0.05) is 17.7 Å². The summed E-state index contributed by atoms with van der Waals surface area (Å²) in [6.07, 6.45) is 0.360. The molecule has 2 aromatic carbocycles. The van der Waals surface area contributed by atoms with Crippen molar-refractivity contribution in [3.05, 3.63) is 60.2 Å². The van der Waals surface area contributed by atoms with Gasteiger partial charge in [0.2, 0.25) is 0 Å². The molecule has 5 heteroatoms. The highest BCUT2D eigenvalue weighted by Gasteiger charge is 2.13. The van der Waals surface area contributed by atoms with Crippen LogP contribution in [-0.2, 0) is 10.0 Å². The molecular weight excluding hydrogens is 286 g/mol. The molecule has 0 amide bonds. The highest BCUT2D eigenvalue weighted by molar-refractivity contribution is 7.92. The van der Waals surface area contributed by atoms with E-state index in [1.165, 1.54) is 12.1 Å². The zero-order valence-electron chi connectivity index (χ0n) is 11.3. The highest BCUT2D eigenvalue weighted by Crippen LogP contribution is 2.16. The zero-order valence-corrected chi connectivity index (χ0v) is 12.1. The Morgan fingerprint density at radius 3 is 2.52 bits per heavy atom. The van der Waals surface area contributed by atoms with Gasteiger partial charge in [0.15, 0.2) is 0 Å². The van der Waals surface area contributed by atoms with E-state index in [0.29, 0.717) is 17.7 Å². The third-order valence-electron chi connectivity index (χ3n) is 2.64. The normalized spacial score (nSPS) is 10.5. The first kappa shape index (κ1) is 15.1. The van der Waals surface area contributed by atoms with Crippen molar-refractivity contribution in [1.29, 1.82) is 0 Å². The summed E-state index contributed by atoms with van der Waals surface area (Å²) in [7, 11) is -3.63. The fourth-order valence-electron chi connectivity index (χ4n) is 1.68. The Bertz CT molecular complexity index is 759. The second-order valence-corrected chi connectivity index (χ2v) is 5.96. The number of nitrogens with one attached hydrogen (secondary N) is 1. The first-order valence-electron chi connectivity index (χ1n) is 6.39. The molecule has 0 saturated carbocycles. The molecule has 0 atom stereocenters. The number of anilines is 1. The van der Waals surface area contributed by atoms with Crippen LogP contribution in [0.15, 0.2) is 59.5 Å². The van der Waals surface area contributed by atoms with Crippen molar-refractivity contribution in [2.45, 2.75) is 11.3 Å². The number of hydrogen-bond acceptors (Lipinski definition) is 3. The summed E-state index contributed by atoms with van der Waals surface area (Å²) in [6.45, 7) is -0.0133. The van der Waals surface area contributed by atoms with E-state index in [-0.39, 0.29) is 11.5 Å². The maximum Gasteiger partial charge on any atom is 0.261 e. The maximum absolute atomic E-state index is 12.3. The Balaban J connectivity index is 2.25. The van der Waals surface area contributed by atoms with Crippen molar-refractivity contribution < 1.29 is 13.5 Å².